The number of carbonyl (C=O) groups excluding carboxylic acids is 2. The highest BCUT2D eigenvalue weighted by Crippen LogP contribution is 2.30. The SMILES string of the molecule is CC1=NC(=O)NC(c2ccc(F)cc2)C1C(=O)Nc1cc(Cl)c2[nH]ncc2c1. The Hall–Kier alpha value is -3.26. The molecule has 9 heteroatoms. The van der Waals surface area contributed by atoms with Crippen LogP contribution in [0.1, 0.15) is 18.5 Å². The number of halogens is 2. The van der Waals surface area contributed by atoms with Crippen LogP contribution in [0.15, 0.2) is 47.6 Å². The maximum atomic E-state index is 13.3. The number of fused-ring (bicyclic) bond motifs is 1. The van der Waals surface area contributed by atoms with Crippen LogP contribution in [0, 0.1) is 11.7 Å². The van der Waals surface area contributed by atoms with Crippen molar-refractivity contribution in [3.05, 3.63) is 59.0 Å². The Kier molecular flexibility index (Phi) is 4.56. The number of benzene rings is 2. The normalized spacial score (nSPS) is 19.2. The van der Waals surface area contributed by atoms with Gasteiger partial charge in [0.15, 0.2) is 0 Å². The molecule has 3 N–H and O–H groups in total. The Morgan fingerprint density at radius 3 is 2.75 bits per heavy atom. The first-order chi connectivity index (χ1) is 13.4. The van der Waals surface area contributed by atoms with E-state index in [0.717, 1.165) is 5.39 Å². The predicted molar refractivity (Wildman–Crippen MR) is 104 cm³/mol. The number of H-pyrrole nitrogens is 1. The predicted octanol–water partition coefficient (Wildman–Crippen LogP) is 3.84. The Labute approximate surface area is 164 Å². The molecule has 7 nitrogen and oxygen atoms in total. The van der Waals surface area contributed by atoms with Crippen LogP contribution in [0.3, 0.4) is 0 Å². The molecule has 0 fully saturated rings. The van der Waals surface area contributed by atoms with Crippen molar-refractivity contribution in [2.75, 3.05) is 5.32 Å². The number of aliphatic imine (C=N–C) groups is 1. The van der Waals surface area contributed by atoms with Crippen molar-refractivity contribution in [3.8, 4) is 0 Å². The molecule has 28 heavy (non-hydrogen) atoms. The summed E-state index contributed by atoms with van der Waals surface area (Å²) in [6, 6.07) is 7.77. The Morgan fingerprint density at radius 1 is 1.25 bits per heavy atom. The van der Waals surface area contributed by atoms with Gasteiger partial charge in [-0.25, -0.2) is 14.2 Å². The van der Waals surface area contributed by atoms with Crippen LogP contribution in [-0.4, -0.2) is 27.8 Å². The van der Waals surface area contributed by atoms with Gasteiger partial charge in [0, 0.05) is 16.8 Å². The summed E-state index contributed by atoms with van der Waals surface area (Å²) in [4.78, 5) is 28.8. The fourth-order valence-corrected chi connectivity index (χ4v) is 3.58. The molecule has 2 unspecified atom stereocenters. The number of urea groups is 1. The summed E-state index contributed by atoms with van der Waals surface area (Å²) in [5, 5.41) is 13.4. The van der Waals surface area contributed by atoms with E-state index in [2.05, 4.69) is 25.8 Å². The lowest BCUT2D eigenvalue weighted by Crippen LogP contribution is -2.45. The van der Waals surface area contributed by atoms with Crippen LogP contribution in [0.5, 0.6) is 0 Å². The molecule has 1 aromatic heterocycles. The lowest BCUT2D eigenvalue weighted by molar-refractivity contribution is -0.118. The molecule has 142 valence electrons. The fourth-order valence-electron chi connectivity index (χ4n) is 3.31. The van der Waals surface area contributed by atoms with E-state index in [1.807, 2.05) is 0 Å². The molecule has 0 saturated heterocycles. The second-order valence-corrected chi connectivity index (χ2v) is 6.90. The van der Waals surface area contributed by atoms with Gasteiger partial charge in [0.05, 0.1) is 22.8 Å². The van der Waals surface area contributed by atoms with Crippen molar-refractivity contribution in [1.29, 1.82) is 0 Å². The van der Waals surface area contributed by atoms with Gasteiger partial charge in [-0.05, 0) is 36.8 Å². The number of rotatable bonds is 3. The van der Waals surface area contributed by atoms with Crippen molar-refractivity contribution in [3.63, 3.8) is 0 Å². The number of nitrogens with one attached hydrogen (secondary N) is 3. The molecule has 0 saturated carbocycles. The molecular weight excluding hydrogens is 385 g/mol. The second kappa shape index (κ2) is 7.05. The first kappa shape index (κ1) is 18.1. The Morgan fingerprint density at radius 2 is 2.00 bits per heavy atom. The van der Waals surface area contributed by atoms with Crippen LogP contribution < -0.4 is 10.6 Å². The van der Waals surface area contributed by atoms with Gasteiger partial charge in [0.1, 0.15) is 11.7 Å². The van der Waals surface area contributed by atoms with Gasteiger partial charge in [-0.2, -0.15) is 5.10 Å². The number of aromatic nitrogens is 2. The number of hydrogen-bond donors (Lipinski definition) is 3. The van der Waals surface area contributed by atoms with Crippen molar-refractivity contribution in [2.45, 2.75) is 13.0 Å². The molecule has 2 atom stereocenters. The summed E-state index contributed by atoms with van der Waals surface area (Å²) in [7, 11) is 0. The van der Waals surface area contributed by atoms with Crippen molar-refractivity contribution in [2.24, 2.45) is 10.9 Å². The zero-order valence-corrected chi connectivity index (χ0v) is 15.4. The summed E-state index contributed by atoms with van der Waals surface area (Å²) in [6.45, 7) is 1.62. The molecule has 2 aromatic carbocycles. The average Bonchev–Trinajstić information content (AvgIpc) is 3.10. The van der Waals surface area contributed by atoms with Crippen LogP contribution in [0.2, 0.25) is 5.02 Å². The van der Waals surface area contributed by atoms with Crippen molar-refractivity contribution in [1.82, 2.24) is 15.5 Å². The van der Waals surface area contributed by atoms with Gasteiger partial charge >= 0.3 is 6.03 Å². The number of amides is 3. The summed E-state index contributed by atoms with van der Waals surface area (Å²) >= 11 is 6.22. The molecule has 2 heterocycles. The standard InChI is InChI=1S/C19H15ClFN5O2/c1-9-15(17(25-19(28)23-9)10-2-4-12(21)5-3-10)18(27)24-13-6-11-8-22-26-16(11)14(20)7-13/h2-8,15,17H,1H3,(H,22,26)(H,24,27)(H,25,28). The monoisotopic (exact) mass is 399 g/mol. The topological polar surface area (TPSA) is 99.2 Å². The molecule has 0 spiro atoms. The minimum atomic E-state index is -0.762. The highest BCUT2D eigenvalue weighted by atomic mass is 35.5. The van der Waals surface area contributed by atoms with E-state index in [0.29, 0.717) is 27.5 Å². The molecule has 3 amide bonds. The van der Waals surface area contributed by atoms with Gasteiger partial charge in [0.25, 0.3) is 0 Å². The van der Waals surface area contributed by atoms with E-state index >= 15 is 0 Å². The van der Waals surface area contributed by atoms with E-state index in [1.54, 1.807) is 25.3 Å². The number of anilines is 1. The van der Waals surface area contributed by atoms with E-state index in [1.165, 1.54) is 24.3 Å². The smallest absolute Gasteiger partial charge is 0.328 e. The van der Waals surface area contributed by atoms with E-state index in [4.69, 9.17) is 11.6 Å². The van der Waals surface area contributed by atoms with Crippen LogP contribution in [-0.2, 0) is 4.79 Å². The summed E-state index contributed by atoms with van der Waals surface area (Å²) < 4.78 is 13.3. The first-order valence-electron chi connectivity index (χ1n) is 8.47. The summed E-state index contributed by atoms with van der Waals surface area (Å²) in [6.07, 6.45) is 1.60. The van der Waals surface area contributed by atoms with Crippen molar-refractivity contribution >= 4 is 45.8 Å². The number of aromatic amines is 1. The number of hydrogen-bond acceptors (Lipinski definition) is 3. The zero-order chi connectivity index (χ0) is 19.8. The van der Waals surface area contributed by atoms with Gasteiger partial charge in [-0.1, -0.05) is 23.7 Å². The molecule has 1 aliphatic rings. The quantitative estimate of drug-likeness (QED) is 0.624. The maximum Gasteiger partial charge on any atom is 0.341 e. The van der Waals surface area contributed by atoms with Crippen LogP contribution in [0.25, 0.3) is 10.9 Å². The minimum absolute atomic E-state index is 0.366. The highest BCUT2D eigenvalue weighted by molar-refractivity contribution is 6.35. The number of carbonyl (C=O) groups is 2. The molecule has 0 aliphatic carbocycles. The summed E-state index contributed by atoms with van der Waals surface area (Å²) in [5.74, 6) is -1.53. The lowest BCUT2D eigenvalue weighted by Gasteiger charge is -2.30. The summed E-state index contributed by atoms with van der Waals surface area (Å²) in [5.41, 5.74) is 2.14. The van der Waals surface area contributed by atoms with Gasteiger partial charge in [-0.15, -0.1) is 0 Å². The molecule has 0 bridgehead atoms. The molecular formula is C19H15ClFN5O2. The first-order valence-corrected chi connectivity index (χ1v) is 8.85. The Balaban J connectivity index is 1.66. The third kappa shape index (κ3) is 3.34. The van der Waals surface area contributed by atoms with Crippen LogP contribution >= 0.6 is 11.6 Å². The minimum Gasteiger partial charge on any atom is -0.328 e. The molecule has 1 aliphatic heterocycles. The third-order valence-corrected chi connectivity index (χ3v) is 4.92. The number of nitrogens with zero attached hydrogens (tertiary/aromatic N) is 2. The molecule has 0 radical (unpaired) electrons. The van der Waals surface area contributed by atoms with E-state index in [9.17, 15) is 14.0 Å². The maximum absolute atomic E-state index is 13.3. The van der Waals surface area contributed by atoms with Crippen molar-refractivity contribution < 1.29 is 14.0 Å². The van der Waals surface area contributed by atoms with E-state index in [-0.39, 0.29) is 5.91 Å². The molecule has 3 aromatic rings. The van der Waals surface area contributed by atoms with Crippen LogP contribution in [0.4, 0.5) is 14.9 Å². The zero-order valence-electron chi connectivity index (χ0n) is 14.7. The van der Waals surface area contributed by atoms with Gasteiger partial charge in [-0.3, -0.25) is 9.89 Å². The largest absolute Gasteiger partial charge is 0.341 e. The average molecular weight is 400 g/mol. The van der Waals surface area contributed by atoms with E-state index < -0.39 is 23.8 Å². The second-order valence-electron chi connectivity index (χ2n) is 6.49. The fraction of sp³-hybridized carbons (Fsp3) is 0.158. The van der Waals surface area contributed by atoms with Gasteiger partial charge in [0.2, 0.25) is 5.91 Å². The van der Waals surface area contributed by atoms with Gasteiger partial charge < -0.3 is 10.6 Å². The third-order valence-electron chi connectivity index (χ3n) is 4.62. The lowest BCUT2D eigenvalue weighted by atomic mass is 9.87. The highest BCUT2D eigenvalue weighted by Gasteiger charge is 2.37. The molecule has 4 rings (SSSR count). The Bertz CT molecular complexity index is 1110.